The molecule has 0 saturated carbocycles. The number of carbonyl (C=O) groups excluding carboxylic acids is 11. The van der Waals surface area contributed by atoms with Gasteiger partial charge < -0.3 is 97.8 Å². The van der Waals surface area contributed by atoms with Crippen molar-refractivity contribution in [3.05, 3.63) is 89.0 Å². The Morgan fingerprint density at radius 1 is 0.692 bits per heavy atom. The highest BCUT2D eigenvalue weighted by Crippen LogP contribution is 2.60. The molecule has 1 heterocycles. The predicted octanol–water partition coefficient (Wildman–Crippen LogP) is 8.06. The second kappa shape index (κ2) is 54.8. The van der Waals surface area contributed by atoms with E-state index in [4.69, 9.17) is 30.0 Å². The number of phosphoric ester groups is 2. The lowest BCUT2D eigenvalue weighted by Crippen LogP contribution is -2.57. The van der Waals surface area contributed by atoms with Crippen molar-refractivity contribution in [2.24, 2.45) is 29.2 Å². The summed E-state index contributed by atoms with van der Waals surface area (Å²) < 4.78 is 50.8. The molecule has 0 aliphatic carbocycles. The SMILES string of the molecule is C/C=C(\C)C[C@@H](C)CC/C=C(\CN(CCCCCCCOP(=O)(O)OP(=O)(O)OCCCCCNC(=O)OCc1ccc(NC(=O)[C@@H](CCCNC(N)=O)NC(=O)[C@H](NC(=O)CCCCCN)C(C)C)cc1)C(=O)O)C(=O)O[C@@H]1CC(C)N([C@@H](C)C(=O)N(C)[C@H](Cc2ccccc2)C(=O)N(C)CC(=O)N[C@H](C(=O)N[C@H](C)C(=O)O)C(C)CC)C1=O. The second-order valence-corrected chi connectivity index (χ2v) is 33.8. The third-order valence-electron chi connectivity index (χ3n) is 20.3. The molecule has 12 atom stereocenters. The van der Waals surface area contributed by atoms with Crippen LogP contribution in [0.4, 0.5) is 20.1 Å². The number of hydrogen-bond acceptors (Lipinski definition) is 21. The monoisotopic (exact) mass is 1730 g/mol. The van der Waals surface area contributed by atoms with Crippen LogP contribution in [0.2, 0.25) is 0 Å². The van der Waals surface area contributed by atoms with Crippen LogP contribution in [0.3, 0.4) is 0 Å². The summed E-state index contributed by atoms with van der Waals surface area (Å²) in [6, 6.07) is 6.94. The van der Waals surface area contributed by atoms with Crippen LogP contribution >= 0.6 is 15.6 Å². The summed E-state index contributed by atoms with van der Waals surface area (Å²) in [5, 5.41) is 38.1. The first-order valence-corrected chi connectivity index (χ1v) is 44.1. The Labute approximate surface area is 704 Å². The zero-order valence-corrected chi connectivity index (χ0v) is 73.3. The number of likely N-dealkylation sites (tertiary alicyclic amines) is 1. The Morgan fingerprint density at radius 2 is 1.29 bits per heavy atom. The second-order valence-electron chi connectivity index (χ2n) is 30.8. The molecule has 12 amide bonds. The van der Waals surface area contributed by atoms with Crippen molar-refractivity contribution in [1.29, 1.82) is 0 Å². The number of amides is 12. The van der Waals surface area contributed by atoms with E-state index in [0.717, 1.165) is 34.6 Å². The number of urea groups is 1. The summed E-state index contributed by atoms with van der Waals surface area (Å²) in [6.45, 7) is 16.4. The van der Waals surface area contributed by atoms with Gasteiger partial charge in [-0.2, -0.15) is 4.31 Å². The Bertz CT molecular complexity index is 3820. The number of anilines is 1. The van der Waals surface area contributed by atoms with Crippen molar-refractivity contribution in [1.82, 2.24) is 51.5 Å². The average Bonchev–Trinajstić information content (AvgIpc) is 1.72. The normalized spacial score (nSPS) is 16.6. The number of benzene rings is 2. The highest BCUT2D eigenvalue weighted by atomic mass is 31.3. The summed E-state index contributed by atoms with van der Waals surface area (Å²) in [6.07, 6.45) is 7.89. The largest absolute Gasteiger partial charge is 0.481 e. The van der Waals surface area contributed by atoms with Gasteiger partial charge in [0.15, 0.2) is 6.10 Å². The molecule has 0 aromatic heterocycles. The number of rotatable bonds is 58. The fraction of sp³-hybridized carbons (Fsp3) is 0.642. The summed E-state index contributed by atoms with van der Waals surface area (Å²) in [5.41, 5.74) is 13.5. The highest BCUT2D eigenvalue weighted by Gasteiger charge is 2.46. The molecule has 2 aromatic rings. The van der Waals surface area contributed by atoms with E-state index in [1.165, 1.54) is 37.7 Å². The van der Waals surface area contributed by atoms with Crippen LogP contribution in [-0.2, 0) is 92.9 Å². The van der Waals surface area contributed by atoms with E-state index in [9.17, 15) is 91.5 Å². The number of alkyl carbamates (subject to hydrolysis) is 1. The van der Waals surface area contributed by atoms with Crippen LogP contribution in [0.15, 0.2) is 77.9 Å². The number of phosphoric acid groups is 2. The van der Waals surface area contributed by atoms with Gasteiger partial charge in [-0.05, 0) is 159 Å². The Morgan fingerprint density at radius 3 is 1.89 bits per heavy atom. The summed E-state index contributed by atoms with van der Waals surface area (Å²) >= 11 is 0. The fourth-order valence-electron chi connectivity index (χ4n) is 13.0. The van der Waals surface area contributed by atoms with Crippen molar-refractivity contribution < 1.29 is 114 Å². The van der Waals surface area contributed by atoms with Gasteiger partial charge in [0.05, 0.1) is 31.9 Å². The number of nitrogens with zero attached hydrogens (tertiary/aromatic N) is 4. The average molecular weight is 1730 g/mol. The molecule has 120 heavy (non-hydrogen) atoms. The third-order valence-corrected chi connectivity index (χ3v) is 23.0. The predicted molar refractivity (Wildman–Crippen MR) is 447 cm³/mol. The number of nitrogens with one attached hydrogen (secondary N) is 7. The lowest BCUT2D eigenvalue weighted by atomic mass is 9.96. The molecule has 15 N–H and O–H groups in total. The number of esters is 1. The number of allylic oxidation sites excluding steroid dienone is 3. The van der Waals surface area contributed by atoms with Crippen molar-refractivity contribution in [3.63, 3.8) is 0 Å². The van der Waals surface area contributed by atoms with Gasteiger partial charge >= 0.3 is 45.8 Å². The molecule has 0 bridgehead atoms. The smallest absolute Gasteiger partial charge is 0.480 e. The number of primary amides is 1. The summed E-state index contributed by atoms with van der Waals surface area (Å²) in [5.74, 6) is -7.64. The molecule has 37 nitrogen and oxygen atoms in total. The number of nitrogens with two attached hydrogens (primary N) is 2. The fourth-order valence-corrected chi connectivity index (χ4v) is 15.1. The maximum absolute atomic E-state index is 14.6. The molecule has 39 heteroatoms. The number of carboxylic acid groups (broad SMARTS) is 2. The molecular weight excluding hydrogens is 1600 g/mol. The van der Waals surface area contributed by atoms with Crippen LogP contribution in [0.5, 0.6) is 0 Å². The number of carboxylic acids is 1. The van der Waals surface area contributed by atoms with Gasteiger partial charge in [0.1, 0.15) is 42.9 Å². The van der Waals surface area contributed by atoms with E-state index >= 15 is 0 Å². The molecule has 1 saturated heterocycles. The first-order chi connectivity index (χ1) is 56.6. The van der Waals surface area contributed by atoms with Gasteiger partial charge in [0, 0.05) is 64.7 Å². The van der Waals surface area contributed by atoms with Crippen LogP contribution in [-0.4, -0.2) is 232 Å². The van der Waals surface area contributed by atoms with Crippen molar-refractivity contribution in [3.8, 4) is 0 Å². The van der Waals surface area contributed by atoms with Gasteiger partial charge in [-0.25, -0.2) is 28.3 Å². The van der Waals surface area contributed by atoms with Gasteiger partial charge in [-0.15, -0.1) is 0 Å². The molecule has 1 fully saturated rings. The zero-order valence-electron chi connectivity index (χ0n) is 71.5. The van der Waals surface area contributed by atoms with Crippen LogP contribution in [0.25, 0.3) is 0 Å². The van der Waals surface area contributed by atoms with E-state index in [2.05, 4.69) is 41.5 Å². The molecule has 3 rings (SSSR count). The standard InChI is InChI=1S/C81H131N13O24P2/c1-13-54(5)47-55(6)31-29-34-62(78(105)117-66-48-57(8)94(76(66)102)59(10)74(100)92(12)65(49-60-32-21-18-22-33-60)75(101)91(11)51-68(96)90-70(56(7)14-2)73(99)86-58(9)77(103)104)50-93(81(108)109)44-26-16-15-17-27-45-115-119(110,111)118-120(112,113)116-46-28-20-25-42-85-80(107)114-52-61-37-39-63(40-38-61)87-71(97)64(35-30-43-84-79(83)106)88-72(98)69(53(3)4)89-67(95)36-23-19-24-41-82/h13,18,21-22,32-34,37-40,53,55-59,64-66,69-70H,14-17,19-20,23-31,35-36,41-52,82H2,1-12H3,(H,85,107)(H,86,99)(H,87,97)(H,88,98)(H,89,95)(H,90,96)(H,103,104)(H,108,109)(H,110,111)(H,112,113)(H3,83,84,106)/b54-13+,62-34+/t55-,56?,57?,58+,59-,64+,65+,66+,69+,70-/m0/s1. The molecule has 674 valence electrons. The molecule has 4 unspecified atom stereocenters. The molecule has 0 spiro atoms. The van der Waals surface area contributed by atoms with Gasteiger partial charge in [-0.3, -0.25) is 52.2 Å². The third kappa shape index (κ3) is 39.9. The number of likely N-dealkylation sites (N-methyl/N-ethyl adjacent to an activating group) is 2. The van der Waals surface area contributed by atoms with Crippen molar-refractivity contribution in [2.75, 3.05) is 71.9 Å². The Hall–Kier alpha value is -9.35. The Kier molecular flexibility index (Phi) is 47.9. The van der Waals surface area contributed by atoms with E-state index in [1.807, 2.05) is 26.8 Å². The quantitative estimate of drug-likeness (QED) is 0.00978. The van der Waals surface area contributed by atoms with E-state index in [0.29, 0.717) is 87.6 Å². The molecule has 1 aliphatic heterocycles. The minimum atomic E-state index is -5.10. The molecule has 1 aliphatic rings. The topological polar surface area (TPSA) is 532 Å². The number of aliphatic carboxylic acids is 1. The van der Waals surface area contributed by atoms with Gasteiger partial charge in [0.25, 0.3) is 5.91 Å². The maximum Gasteiger partial charge on any atom is 0.481 e. The minimum Gasteiger partial charge on any atom is -0.480 e. The maximum atomic E-state index is 14.6. The number of ether oxygens (including phenoxy) is 2. The van der Waals surface area contributed by atoms with Gasteiger partial charge in [0.2, 0.25) is 41.4 Å². The molecule has 2 aromatic carbocycles. The Balaban J connectivity index is 1.50. The highest BCUT2D eigenvalue weighted by molar-refractivity contribution is 7.61. The zero-order chi connectivity index (χ0) is 89.8. The van der Waals surface area contributed by atoms with Crippen molar-refractivity contribution >= 4 is 98.7 Å². The van der Waals surface area contributed by atoms with E-state index in [1.54, 1.807) is 95.3 Å². The van der Waals surface area contributed by atoms with Crippen LogP contribution < -0.4 is 48.7 Å². The van der Waals surface area contributed by atoms with Gasteiger partial charge in [-0.1, -0.05) is 127 Å². The van der Waals surface area contributed by atoms with Crippen molar-refractivity contribution in [2.45, 2.75) is 253 Å². The number of carbonyl (C=O) groups is 13. The summed E-state index contributed by atoms with van der Waals surface area (Å²) in [4.78, 5) is 197. The molecular formula is C81H131N13O24P2. The van der Waals surface area contributed by atoms with Crippen LogP contribution in [0.1, 0.15) is 202 Å². The number of hydrogen-bond donors (Lipinski definition) is 13. The van der Waals surface area contributed by atoms with E-state index in [-0.39, 0.29) is 108 Å². The summed E-state index contributed by atoms with van der Waals surface area (Å²) in [7, 11) is -7.43. The lowest BCUT2D eigenvalue weighted by Gasteiger charge is -2.36. The first-order valence-electron chi connectivity index (χ1n) is 41.1. The first kappa shape index (κ1) is 105. The molecule has 0 radical (unpaired) electrons. The van der Waals surface area contributed by atoms with E-state index < -0.39 is 155 Å². The lowest BCUT2D eigenvalue weighted by molar-refractivity contribution is -0.156. The minimum absolute atomic E-state index is 0.00856. The van der Waals surface area contributed by atoms with Crippen LogP contribution in [0, 0.1) is 17.8 Å². The number of unbranched alkanes of at least 4 members (excludes halogenated alkanes) is 8.